The van der Waals surface area contributed by atoms with Crippen molar-refractivity contribution in [1.82, 2.24) is 10.9 Å². The first kappa shape index (κ1) is 24.8. The summed E-state index contributed by atoms with van der Waals surface area (Å²) in [6.07, 6.45) is -0.574. The maximum atomic E-state index is 12.0. The predicted molar refractivity (Wildman–Crippen MR) is 121 cm³/mol. The first-order valence-corrected chi connectivity index (χ1v) is 9.66. The Labute approximate surface area is 188 Å². The highest BCUT2D eigenvalue weighted by molar-refractivity contribution is 6.02. The smallest absolute Gasteiger partial charge is 0.272 e. The van der Waals surface area contributed by atoms with Gasteiger partial charge in [-0.2, -0.15) is 10.2 Å². The molecule has 12 heteroatoms. The lowest BCUT2D eigenvalue weighted by molar-refractivity contribution is -0.385. The Balaban J connectivity index is 1.97. The number of hydrazone groups is 2. The molecule has 0 unspecified atom stereocenters. The maximum Gasteiger partial charge on any atom is 0.272 e. The summed E-state index contributed by atoms with van der Waals surface area (Å²) in [7, 11) is 0. The average molecular weight is 454 g/mol. The highest BCUT2D eigenvalue weighted by Gasteiger charge is 2.14. The fourth-order valence-corrected chi connectivity index (χ4v) is 2.71. The van der Waals surface area contributed by atoms with E-state index in [0.717, 1.165) is 0 Å². The van der Waals surface area contributed by atoms with E-state index in [4.69, 9.17) is 0 Å². The largest absolute Gasteiger partial charge is 0.273 e. The van der Waals surface area contributed by atoms with Crippen molar-refractivity contribution in [3.8, 4) is 0 Å². The van der Waals surface area contributed by atoms with E-state index in [9.17, 15) is 29.8 Å². The van der Waals surface area contributed by atoms with E-state index in [1.54, 1.807) is 52.0 Å². The van der Waals surface area contributed by atoms with E-state index in [0.29, 0.717) is 33.7 Å². The summed E-state index contributed by atoms with van der Waals surface area (Å²) >= 11 is 0. The predicted octanol–water partition coefficient (Wildman–Crippen LogP) is 2.89. The Morgan fingerprint density at radius 1 is 0.788 bits per heavy atom. The van der Waals surface area contributed by atoms with Crippen LogP contribution < -0.4 is 10.9 Å². The zero-order valence-electron chi connectivity index (χ0n) is 18.4. The molecule has 0 heterocycles. The van der Waals surface area contributed by atoms with Gasteiger partial charge in [-0.3, -0.25) is 29.8 Å². The monoisotopic (exact) mass is 454 g/mol. The van der Waals surface area contributed by atoms with E-state index in [2.05, 4.69) is 21.1 Å². The second kappa shape index (κ2) is 10.7. The van der Waals surface area contributed by atoms with Crippen molar-refractivity contribution in [2.75, 3.05) is 0 Å². The second-order valence-corrected chi connectivity index (χ2v) is 7.16. The number of carbonyl (C=O) groups is 2. The number of amides is 2. The van der Waals surface area contributed by atoms with Crippen LogP contribution in [0.15, 0.2) is 46.6 Å². The molecule has 172 valence electrons. The summed E-state index contributed by atoms with van der Waals surface area (Å²) in [5, 5.41) is 29.9. The third kappa shape index (κ3) is 6.75. The van der Waals surface area contributed by atoms with Crippen LogP contribution in [-0.4, -0.2) is 33.1 Å². The number of nitro benzene ring substituents is 2. The Bertz CT molecular complexity index is 1100. The van der Waals surface area contributed by atoms with Crippen LogP contribution in [0.1, 0.15) is 42.5 Å². The highest BCUT2D eigenvalue weighted by Crippen LogP contribution is 2.20. The van der Waals surface area contributed by atoms with Gasteiger partial charge in [-0.1, -0.05) is 24.3 Å². The van der Waals surface area contributed by atoms with Gasteiger partial charge < -0.3 is 0 Å². The highest BCUT2D eigenvalue weighted by atomic mass is 16.6. The van der Waals surface area contributed by atoms with Crippen LogP contribution in [0.3, 0.4) is 0 Å². The summed E-state index contributed by atoms with van der Waals surface area (Å²) < 4.78 is 0. The molecule has 0 aliphatic carbocycles. The molecule has 0 spiro atoms. The maximum absolute atomic E-state index is 12.0. The standard InChI is InChI=1S/C21H22N6O6/c1-12-5-7-16(9-18(12)26(30)31)14(3)22-24-20(28)11-21(29)25-23-15(4)17-8-6-13(2)19(10-17)27(32)33/h5-10H,11H2,1-4H3,(H,24,28)(H,25,29). The van der Waals surface area contributed by atoms with Gasteiger partial charge in [0, 0.05) is 34.4 Å². The van der Waals surface area contributed by atoms with Gasteiger partial charge in [-0.25, -0.2) is 10.9 Å². The van der Waals surface area contributed by atoms with Crippen LogP contribution in [0.2, 0.25) is 0 Å². The Hall–Kier alpha value is -4.48. The number of hydrogen-bond acceptors (Lipinski definition) is 8. The number of benzene rings is 2. The molecule has 2 amide bonds. The minimum atomic E-state index is -0.715. The van der Waals surface area contributed by atoms with Crippen LogP contribution in [0.5, 0.6) is 0 Å². The Morgan fingerprint density at radius 3 is 1.48 bits per heavy atom. The van der Waals surface area contributed by atoms with Crippen LogP contribution >= 0.6 is 0 Å². The van der Waals surface area contributed by atoms with Crippen molar-refractivity contribution >= 4 is 34.6 Å². The molecule has 2 rings (SSSR count). The van der Waals surface area contributed by atoms with Gasteiger partial charge in [0.05, 0.1) is 21.3 Å². The molecular formula is C21H22N6O6. The summed E-state index contributed by atoms with van der Waals surface area (Å²) in [5.74, 6) is -1.43. The molecule has 0 bridgehead atoms. The molecule has 0 radical (unpaired) electrons. The van der Waals surface area contributed by atoms with Crippen molar-refractivity contribution in [1.29, 1.82) is 0 Å². The summed E-state index contributed by atoms with van der Waals surface area (Å²) in [5.41, 5.74) is 6.82. The number of nitrogens with zero attached hydrogens (tertiary/aromatic N) is 4. The SMILES string of the molecule is CC(=NNC(=O)CC(=O)NN=C(C)c1ccc(C)c([N+](=O)[O-])c1)c1ccc(C)c([N+](=O)[O-])c1. The zero-order valence-corrected chi connectivity index (χ0v) is 18.4. The van der Waals surface area contributed by atoms with Gasteiger partial charge >= 0.3 is 0 Å². The molecule has 33 heavy (non-hydrogen) atoms. The Kier molecular flexibility index (Phi) is 8.04. The molecule has 12 nitrogen and oxygen atoms in total. The molecule has 2 aromatic rings. The summed E-state index contributed by atoms with van der Waals surface area (Å²) in [4.78, 5) is 45.1. The minimum Gasteiger partial charge on any atom is -0.273 e. The molecular weight excluding hydrogens is 432 g/mol. The fraction of sp³-hybridized carbons (Fsp3) is 0.238. The molecule has 0 fully saturated rings. The quantitative estimate of drug-likeness (QED) is 0.269. The average Bonchev–Trinajstić information content (AvgIpc) is 2.76. The van der Waals surface area contributed by atoms with Crippen molar-refractivity contribution in [3.63, 3.8) is 0 Å². The van der Waals surface area contributed by atoms with E-state index >= 15 is 0 Å². The van der Waals surface area contributed by atoms with Crippen molar-refractivity contribution < 1.29 is 19.4 Å². The van der Waals surface area contributed by atoms with Gasteiger partial charge in [0.1, 0.15) is 6.42 Å². The van der Waals surface area contributed by atoms with Crippen molar-refractivity contribution in [2.45, 2.75) is 34.1 Å². The number of nitro groups is 2. The van der Waals surface area contributed by atoms with E-state index in [-0.39, 0.29) is 11.4 Å². The molecule has 0 saturated heterocycles. The van der Waals surface area contributed by atoms with Crippen LogP contribution in [0.25, 0.3) is 0 Å². The van der Waals surface area contributed by atoms with Crippen molar-refractivity contribution in [3.05, 3.63) is 78.9 Å². The molecule has 0 aliphatic rings. The first-order chi connectivity index (χ1) is 15.5. The molecule has 0 aliphatic heterocycles. The van der Waals surface area contributed by atoms with Gasteiger partial charge in [0.25, 0.3) is 11.4 Å². The van der Waals surface area contributed by atoms with E-state index in [1.807, 2.05) is 0 Å². The Morgan fingerprint density at radius 2 is 1.15 bits per heavy atom. The number of rotatable bonds is 8. The fourth-order valence-electron chi connectivity index (χ4n) is 2.71. The third-order valence-corrected chi connectivity index (χ3v) is 4.66. The van der Waals surface area contributed by atoms with Crippen molar-refractivity contribution in [2.24, 2.45) is 10.2 Å². The van der Waals surface area contributed by atoms with Gasteiger partial charge in [0.2, 0.25) is 11.8 Å². The molecule has 0 atom stereocenters. The minimum absolute atomic E-state index is 0.0695. The number of hydrogen-bond donors (Lipinski definition) is 2. The molecule has 2 aromatic carbocycles. The van der Waals surface area contributed by atoms with Gasteiger partial charge in [0.15, 0.2) is 0 Å². The van der Waals surface area contributed by atoms with E-state index in [1.165, 1.54) is 12.1 Å². The lowest BCUT2D eigenvalue weighted by atomic mass is 10.1. The molecule has 0 aromatic heterocycles. The van der Waals surface area contributed by atoms with E-state index < -0.39 is 28.1 Å². The molecule has 0 saturated carbocycles. The first-order valence-electron chi connectivity index (χ1n) is 9.66. The topological polar surface area (TPSA) is 169 Å². The van der Waals surface area contributed by atoms with Gasteiger partial charge in [-0.05, 0) is 27.7 Å². The van der Waals surface area contributed by atoms with Gasteiger partial charge in [-0.15, -0.1) is 0 Å². The second-order valence-electron chi connectivity index (χ2n) is 7.16. The van der Waals surface area contributed by atoms with Crippen LogP contribution in [-0.2, 0) is 9.59 Å². The third-order valence-electron chi connectivity index (χ3n) is 4.66. The summed E-state index contributed by atoms with van der Waals surface area (Å²) in [6.45, 7) is 6.34. The number of aryl methyl sites for hydroxylation is 2. The normalized spacial score (nSPS) is 11.6. The lowest BCUT2D eigenvalue weighted by Crippen LogP contribution is -2.28. The molecule has 2 N–H and O–H groups in total. The zero-order chi connectivity index (χ0) is 24.7. The number of carbonyl (C=O) groups excluding carboxylic acids is 2. The number of nitrogens with one attached hydrogen (secondary N) is 2. The lowest BCUT2D eigenvalue weighted by Gasteiger charge is -2.05. The van der Waals surface area contributed by atoms with Crippen LogP contribution in [0, 0.1) is 34.1 Å². The summed E-state index contributed by atoms with van der Waals surface area (Å²) in [6, 6.07) is 9.11. The van der Waals surface area contributed by atoms with Crippen LogP contribution in [0.4, 0.5) is 11.4 Å².